The van der Waals surface area contributed by atoms with Crippen molar-refractivity contribution < 1.29 is 0 Å². The summed E-state index contributed by atoms with van der Waals surface area (Å²) in [6.45, 7) is 4.53. The van der Waals surface area contributed by atoms with Crippen molar-refractivity contribution in [1.29, 1.82) is 0 Å². The molecule has 19 heavy (non-hydrogen) atoms. The minimum Gasteiger partial charge on any atom is -0.155 e. The summed E-state index contributed by atoms with van der Waals surface area (Å²) in [6.07, 6.45) is 1.18. The summed E-state index contributed by atoms with van der Waals surface area (Å²) >= 11 is 7.17. The van der Waals surface area contributed by atoms with Gasteiger partial charge in [-0.2, -0.15) is 11.1 Å². The largest absolute Gasteiger partial charge is 0.217 e. The van der Waals surface area contributed by atoms with E-state index in [-0.39, 0.29) is 0 Å². The van der Waals surface area contributed by atoms with E-state index in [2.05, 4.69) is 74.5 Å². The Morgan fingerprint density at radius 3 is 1.63 bits per heavy atom. The van der Waals surface area contributed by atoms with Gasteiger partial charge in [-0.05, 0) is 22.3 Å². The Kier molecular flexibility index (Phi) is 4.84. The van der Waals surface area contributed by atoms with Crippen LogP contribution < -0.4 is 10.4 Å². The summed E-state index contributed by atoms with van der Waals surface area (Å²) in [5.74, 6) is 0.693. The molecule has 0 radical (unpaired) electrons. The fourth-order valence-corrected chi connectivity index (χ4v) is 6.76. The number of hydrogen-bond donors (Lipinski definition) is 0. The number of hydrogen-bond acceptors (Lipinski definition) is 0. The lowest BCUT2D eigenvalue weighted by Crippen LogP contribution is -2.53. The summed E-state index contributed by atoms with van der Waals surface area (Å²) in [5.41, 5.74) is 0. The van der Waals surface area contributed by atoms with Gasteiger partial charge in [-0.25, -0.2) is 0 Å². The van der Waals surface area contributed by atoms with E-state index in [4.69, 9.17) is 11.1 Å². The maximum atomic E-state index is 7.17. The Hall–Kier alpha value is -1.05. The van der Waals surface area contributed by atoms with Gasteiger partial charge in [0, 0.05) is 0 Å². The summed E-state index contributed by atoms with van der Waals surface area (Å²) in [7, 11) is -2.09. The van der Waals surface area contributed by atoms with Crippen LogP contribution in [-0.2, 0) is 0 Å². The third-order valence-electron chi connectivity index (χ3n) is 3.53. The molecule has 0 aliphatic heterocycles. The van der Waals surface area contributed by atoms with Crippen LogP contribution in [0, 0.1) is 5.92 Å². The van der Waals surface area contributed by atoms with Gasteiger partial charge in [0.2, 0.25) is 7.38 Å². The predicted molar refractivity (Wildman–Crippen MR) is 88.0 cm³/mol. The molecule has 0 aliphatic carbocycles. The molecule has 0 atom stereocenters. The van der Waals surface area contributed by atoms with Gasteiger partial charge in [-0.1, -0.05) is 80.9 Å². The second-order valence-electron chi connectivity index (χ2n) is 5.47. The molecule has 0 heterocycles. The van der Waals surface area contributed by atoms with E-state index >= 15 is 0 Å². The first-order chi connectivity index (χ1) is 9.13. The molecule has 2 aromatic carbocycles. The standard InChI is InChI=1S/C17H21ClSi/c1-15(2)13-14-19(18,16-9-5-3-6-10-16)17-11-7-4-8-12-17/h3-12,15H,13-14H2,1-2H3. The third kappa shape index (κ3) is 3.49. The number of halogens is 1. The molecule has 0 amide bonds. The SMILES string of the molecule is CC(C)CC[Si](Cl)(c1ccccc1)c1ccccc1. The highest BCUT2D eigenvalue weighted by molar-refractivity contribution is 7.34. The minimum atomic E-state index is -2.09. The van der Waals surface area contributed by atoms with Crippen LogP contribution in [0.3, 0.4) is 0 Å². The summed E-state index contributed by atoms with van der Waals surface area (Å²) in [4.78, 5) is 0. The van der Waals surface area contributed by atoms with Crippen molar-refractivity contribution in [3.05, 3.63) is 60.7 Å². The van der Waals surface area contributed by atoms with Crippen molar-refractivity contribution >= 4 is 28.8 Å². The number of rotatable bonds is 5. The zero-order valence-electron chi connectivity index (χ0n) is 11.6. The van der Waals surface area contributed by atoms with Crippen LogP contribution in [0.25, 0.3) is 0 Å². The van der Waals surface area contributed by atoms with Crippen LogP contribution in [0.15, 0.2) is 60.7 Å². The van der Waals surface area contributed by atoms with Crippen LogP contribution in [0.5, 0.6) is 0 Å². The van der Waals surface area contributed by atoms with Gasteiger partial charge in [0.15, 0.2) is 0 Å². The van der Waals surface area contributed by atoms with Gasteiger partial charge < -0.3 is 0 Å². The molecular formula is C17H21ClSi. The first-order valence-electron chi connectivity index (χ1n) is 6.93. The van der Waals surface area contributed by atoms with Crippen LogP contribution in [0.1, 0.15) is 20.3 Å². The van der Waals surface area contributed by atoms with E-state index in [1.807, 2.05) is 0 Å². The molecule has 0 fully saturated rings. The van der Waals surface area contributed by atoms with E-state index in [0.29, 0.717) is 5.92 Å². The topological polar surface area (TPSA) is 0 Å². The lowest BCUT2D eigenvalue weighted by atomic mass is 10.2. The molecule has 0 saturated heterocycles. The molecule has 0 saturated carbocycles. The molecule has 0 N–H and O–H groups in total. The van der Waals surface area contributed by atoms with Crippen molar-refractivity contribution in [3.63, 3.8) is 0 Å². The molecule has 2 heteroatoms. The van der Waals surface area contributed by atoms with Crippen molar-refractivity contribution in [1.82, 2.24) is 0 Å². The smallest absolute Gasteiger partial charge is 0.155 e. The molecule has 0 spiro atoms. The highest BCUT2D eigenvalue weighted by Gasteiger charge is 2.34. The van der Waals surface area contributed by atoms with Crippen LogP contribution in [0.4, 0.5) is 0 Å². The quantitative estimate of drug-likeness (QED) is 0.576. The minimum absolute atomic E-state index is 0.693. The molecule has 2 rings (SSSR count). The van der Waals surface area contributed by atoms with Gasteiger partial charge in [0.1, 0.15) is 0 Å². The van der Waals surface area contributed by atoms with Crippen LogP contribution in [-0.4, -0.2) is 7.38 Å². The van der Waals surface area contributed by atoms with Crippen LogP contribution in [0.2, 0.25) is 6.04 Å². The van der Waals surface area contributed by atoms with Crippen LogP contribution >= 0.6 is 11.1 Å². The van der Waals surface area contributed by atoms with Crippen molar-refractivity contribution in [2.45, 2.75) is 26.3 Å². The molecule has 0 unspecified atom stereocenters. The highest BCUT2D eigenvalue weighted by atomic mass is 35.6. The predicted octanol–water partition coefficient (Wildman–Crippen LogP) is 4.03. The van der Waals surface area contributed by atoms with Gasteiger partial charge in [-0.3, -0.25) is 0 Å². The maximum Gasteiger partial charge on any atom is 0.217 e. The summed E-state index contributed by atoms with van der Waals surface area (Å²) in [5, 5.41) is 2.65. The zero-order valence-corrected chi connectivity index (χ0v) is 13.4. The Morgan fingerprint density at radius 2 is 1.26 bits per heavy atom. The Bertz CT molecular complexity index is 454. The molecule has 100 valence electrons. The Labute approximate surface area is 122 Å². The average Bonchev–Trinajstić information content (AvgIpc) is 2.46. The Balaban J connectivity index is 2.39. The van der Waals surface area contributed by atoms with E-state index in [0.717, 1.165) is 6.04 Å². The Morgan fingerprint density at radius 1 is 0.842 bits per heavy atom. The van der Waals surface area contributed by atoms with Gasteiger partial charge >= 0.3 is 0 Å². The molecule has 0 aliphatic rings. The average molecular weight is 289 g/mol. The van der Waals surface area contributed by atoms with Crippen molar-refractivity contribution in [3.8, 4) is 0 Å². The van der Waals surface area contributed by atoms with Gasteiger partial charge in [0.05, 0.1) is 0 Å². The summed E-state index contributed by atoms with van der Waals surface area (Å²) < 4.78 is 0. The highest BCUT2D eigenvalue weighted by Crippen LogP contribution is 2.21. The third-order valence-corrected chi connectivity index (χ3v) is 8.88. The van der Waals surface area contributed by atoms with E-state index in [9.17, 15) is 0 Å². The lowest BCUT2D eigenvalue weighted by Gasteiger charge is -2.26. The van der Waals surface area contributed by atoms with Crippen molar-refractivity contribution in [2.24, 2.45) is 5.92 Å². The molecule has 2 aromatic rings. The zero-order chi connectivity index (χ0) is 13.7. The fraction of sp³-hybridized carbons (Fsp3) is 0.294. The number of benzene rings is 2. The molecule has 0 aromatic heterocycles. The van der Waals surface area contributed by atoms with E-state index in [1.165, 1.54) is 16.8 Å². The molecule has 0 bridgehead atoms. The first kappa shape index (κ1) is 14.4. The lowest BCUT2D eigenvalue weighted by molar-refractivity contribution is 0.623. The summed E-state index contributed by atoms with van der Waals surface area (Å²) in [6, 6.07) is 22.3. The second kappa shape index (κ2) is 6.40. The first-order valence-corrected chi connectivity index (χ1v) is 10.1. The van der Waals surface area contributed by atoms with Crippen molar-refractivity contribution in [2.75, 3.05) is 0 Å². The monoisotopic (exact) mass is 288 g/mol. The molecule has 0 nitrogen and oxygen atoms in total. The van der Waals surface area contributed by atoms with E-state index in [1.54, 1.807) is 0 Å². The second-order valence-corrected chi connectivity index (χ2v) is 10.7. The van der Waals surface area contributed by atoms with E-state index < -0.39 is 7.38 Å². The fourth-order valence-electron chi connectivity index (χ4n) is 2.35. The van der Waals surface area contributed by atoms with Gasteiger partial charge in [0.25, 0.3) is 0 Å². The molecular weight excluding hydrogens is 268 g/mol. The van der Waals surface area contributed by atoms with Gasteiger partial charge in [-0.15, -0.1) is 0 Å². The maximum absolute atomic E-state index is 7.17. The normalized spacial score (nSPS) is 11.8.